The van der Waals surface area contributed by atoms with E-state index in [0.29, 0.717) is 6.61 Å². The zero-order valence-corrected chi connectivity index (χ0v) is 13.4. The molecule has 0 aliphatic rings. The SMILES string of the molecule is COCCNC(c1nc(C)cs1)c1ccc(C)cc1C. The average Bonchev–Trinajstić information content (AvgIpc) is 2.82. The van der Waals surface area contributed by atoms with E-state index >= 15 is 0 Å². The van der Waals surface area contributed by atoms with Crippen molar-refractivity contribution in [3.8, 4) is 0 Å². The van der Waals surface area contributed by atoms with Gasteiger partial charge in [-0.25, -0.2) is 4.98 Å². The van der Waals surface area contributed by atoms with Gasteiger partial charge in [-0.15, -0.1) is 11.3 Å². The largest absolute Gasteiger partial charge is 0.383 e. The van der Waals surface area contributed by atoms with E-state index in [-0.39, 0.29) is 6.04 Å². The molecule has 2 aromatic rings. The number of nitrogens with zero attached hydrogens (tertiary/aromatic N) is 1. The molecule has 0 fully saturated rings. The van der Waals surface area contributed by atoms with Gasteiger partial charge >= 0.3 is 0 Å². The third-order valence-electron chi connectivity index (χ3n) is 3.27. The number of aryl methyl sites for hydroxylation is 3. The molecule has 0 saturated heterocycles. The van der Waals surface area contributed by atoms with Gasteiger partial charge in [-0.3, -0.25) is 0 Å². The minimum absolute atomic E-state index is 0.143. The number of hydrogen-bond acceptors (Lipinski definition) is 4. The molecule has 1 heterocycles. The fourth-order valence-electron chi connectivity index (χ4n) is 2.29. The summed E-state index contributed by atoms with van der Waals surface area (Å²) in [6.07, 6.45) is 0. The zero-order chi connectivity index (χ0) is 14.5. The van der Waals surface area contributed by atoms with Crippen LogP contribution in [0.15, 0.2) is 23.6 Å². The van der Waals surface area contributed by atoms with Gasteiger partial charge in [0.25, 0.3) is 0 Å². The molecule has 0 radical (unpaired) electrons. The molecular weight excluding hydrogens is 268 g/mol. The number of benzene rings is 1. The highest BCUT2D eigenvalue weighted by Crippen LogP contribution is 2.27. The minimum atomic E-state index is 0.143. The normalized spacial score (nSPS) is 12.6. The van der Waals surface area contributed by atoms with Gasteiger partial charge in [0.2, 0.25) is 0 Å². The molecule has 0 aliphatic carbocycles. The predicted octanol–water partition coefficient (Wildman–Crippen LogP) is 3.39. The Morgan fingerprint density at radius 2 is 2.10 bits per heavy atom. The van der Waals surface area contributed by atoms with Crippen LogP contribution >= 0.6 is 11.3 Å². The summed E-state index contributed by atoms with van der Waals surface area (Å²) in [6.45, 7) is 7.83. The quantitative estimate of drug-likeness (QED) is 0.828. The van der Waals surface area contributed by atoms with Crippen LogP contribution in [0.5, 0.6) is 0 Å². The molecule has 20 heavy (non-hydrogen) atoms. The molecular formula is C16H22N2OS. The molecule has 3 nitrogen and oxygen atoms in total. The maximum Gasteiger partial charge on any atom is 0.114 e. The van der Waals surface area contributed by atoms with Gasteiger partial charge in [-0.05, 0) is 31.9 Å². The van der Waals surface area contributed by atoms with Crippen molar-refractivity contribution in [1.82, 2.24) is 10.3 Å². The molecule has 1 atom stereocenters. The minimum Gasteiger partial charge on any atom is -0.383 e. The van der Waals surface area contributed by atoms with Crippen molar-refractivity contribution in [2.24, 2.45) is 0 Å². The highest BCUT2D eigenvalue weighted by molar-refractivity contribution is 7.09. The van der Waals surface area contributed by atoms with Gasteiger partial charge in [0.15, 0.2) is 0 Å². The molecule has 1 unspecified atom stereocenters. The molecule has 1 aromatic carbocycles. The lowest BCUT2D eigenvalue weighted by molar-refractivity contribution is 0.197. The Morgan fingerprint density at radius 1 is 1.30 bits per heavy atom. The van der Waals surface area contributed by atoms with Crippen LogP contribution in [-0.2, 0) is 4.74 Å². The molecule has 0 bridgehead atoms. The molecule has 0 spiro atoms. The molecule has 0 aliphatic heterocycles. The Balaban J connectivity index is 2.30. The van der Waals surface area contributed by atoms with E-state index in [1.807, 2.05) is 6.92 Å². The summed E-state index contributed by atoms with van der Waals surface area (Å²) < 4.78 is 5.14. The smallest absolute Gasteiger partial charge is 0.114 e. The van der Waals surface area contributed by atoms with Crippen LogP contribution in [0.3, 0.4) is 0 Å². The second-order valence-corrected chi connectivity index (χ2v) is 5.96. The van der Waals surface area contributed by atoms with Crippen molar-refractivity contribution < 1.29 is 4.74 Å². The zero-order valence-electron chi connectivity index (χ0n) is 12.6. The van der Waals surface area contributed by atoms with E-state index < -0.39 is 0 Å². The highest BCUT2D eigenvalue weighted by atomic mass is 32.1. The Bertz CT molecular complexity index is 565. The summed E-state index contributed by atoms with van der Waals surface area (Å²) in [5, 5.41) is 6.77. The first-order chi connectivity index (χ1) is 9.61. The monoisotopic (exact) mass is 290 g/mol. The summed E-state index contributed by atoms with van der Waals surface area (Å²) in [5.74, 6) is 0. The summed E-state index contributed by atoms with van der Waals surface area (Å²) in [4.78, 5) is 4.64. The molecule has 108 valence electrons. The van der Waals surface area contributed by atoms with E-state index in [0.717, 1.165) is 17.2 Å². The second kappa shape index (κ2) is 6.97. The number of methoxy groups -OCH3 is 1. The van der Waals surface area contributed by atoms with E-state index in [2.05, 4.69) is 47.7 Å². The van der Waals surface area contributed by atoms with Crippen molar-refractivity contribution >= 4 is 11.3 Å². The van der Waals surface area contributed by atoms with Crippen LogP contribution in [0.25, 0.3) is 0 Å². The molecule has 0 saturated carbocycles. The van der Waals surface area contributed by atoms with Crippen LogP contribution < -0.4 is 5.32 Å². The Labute approximate surface area is 125 Å². The topological polar surface area (TPSA) is 34.1 Å². The van der Waals surface area contributed by atoms with Crippen molar-refractivity contribution in [3.63, 3.8) is 0 Å². The Morgan fingerprint density at radius 3 is 2.70 bits per heavy atom. The van der Waals surface area contributed by atoms with Crippen LogP contribution in [0, 0.1) is 20.8 Å². The summed E-state index contributed by atoms with van der Waals surface area (Å²) in [5.41, 5.74) is 4.96. The fraction of sp³-hybridized carbons (Fsp3) is 0.438. The van der Waals surface area contributed by atoms with Gasteiger partial charge in [-0.2, -0.15) is 0 Å². The van der Waals surface area contributed by atoms with Gasteiger partial charge in [0, 0.05) is 24.7 Å². The maximum absolute atomic E-state index is 5.14. The van der Waals surface area contributed by atoms with Gasteiger partial charge < -0.3 is 10.1 Å². The lowest BCUT2D eigenvalue weighted by Gasteiger charge is -2.19. The van der Waals surface area contributed by atoms with E-state index in [4.69, 9.17) is 4.74 Å². The van der Waals surface area contributed by atoms with Gasteiger partial charge in [0.05, 0.1) is 12.6 Å². The van der Waals surface area contributed by atoms with Crippen LogP contribution in [-0.4, -0.2) is 25.2 Å². The van der Waals surface area contributed by atoms with E-state index in [9.17, 15) is 0 Å². The van der Waals surface area contributed by atoms with Crippen molar-refractivity contribution in [1.29, 1.82) is 0 Å². The second-order valence-electron chi connectivity index (χ2n) is 5.07. The Hall–Kier alpha value is -1.23. The average molecular weight is 290 g/mol. The molecule has 2 rings (SSSR count). The third-order valence-corrected chi connectivity index (χ3v) is 4.30. The number of thiazole rings is 1. The summed E-state index contributed by atoms with van der Waals surface area (Å²) in [6, 6.07) is 6.73. The third kappa shape index (κ3) is 3.66. The Kier molecular flexibility index (Phi) is 5.29. The molecule has 1 N–H and O–H groups in total. The summed E-state index contributed by atoms with van der Waals surface area (Å²) >= 11 is 1.71. The number of nitrogens with one attached hydrogen (secondary N) is 1. The summed E-state index contributed by atoms with van der Waals surface area (Å²) in [7, 11) is 1.72. The van der Waals surface area contributed by atoms with Crippen molar-refractivity contribution in [3.05, 3.63) is 51.0 Å². The fourth-order valence-corrected chi connectivity index (χ4v) is 3.18. The maximum atomic E-state index is 5.14. The number of ether oxygens (including phenoxy) is 1. The predicted molar refractivity (Wildman–Crippen MR) is 84.5 cm³/mol. The molecule has 0 amide bonds. The van der Waals surface area contributed by atoms with Crippen LogP contribution in [0.1, 0.15) is 33.4 Å². The van der Waals surface area contributed by atoms with Crippen molar-refractivity contribution in [2.75, 3.05) is 20.3 Å². The lowest BCUT2D eigenvalue weighted by Crippen LogP contribution is -2.26. The molecule has 1 aromatic heterocycles. The number of aromatic nitrogens is 1. The standard InChI is InChI=1S/C16H22N2OS/c1-11-5-6-14(12(2)9-11)15(17-7-8-19-4)16-18-13(3)10-20-16/h5-6,9-10,15,17H,7-8H2,1-4H3. The number of rotatable bonds is 6. The highest BCUT2D eigenvalue weighted by Gasteiger charge is 2.18. The van der Waals surface area contributed by atoms with E-state index in [1.165, 1.54) is 16.7 Å². The first-order valence-corrected chi connectivity index (χ1v) is 7.71. The first kappa shape index (κ1) is 15.2. The lowest BCUT2D eigenvalue weighted by atomic mass is 9.99. The first-order valence-electron chi connectivity index (χ1n) is 6.83. The van der Waals surface area contributed by atoms with Gasteiger partial charge in [-0.1, -0.05) is 23.8 Å². The van der Waals surface area contributed by atoms with Gasteiger partial charge in [0.1, 0.15) is 5.01 Å². The molecule has 4 heteroatoms. The van der Waals surface area contributed by atoms with Crippen molar-refractivity contribution in [2.45, 2.75) is 26.8 Å². The van der Waals surface area contributed by atoms with E-state index in [1.54, 1.807) is 18.4 Å². The number of hydrogen-bond donors (Lipinski definition) is 1. The van der Waals surface area contributed by atoms with Crippen LogP contribution in [0.2, 0.25) is 0 Å². The van der Waals surface area contributed by atoms with Crippen LogP contribution in [0.4, 0.5) is 0 Å².